The number of anilines is 1. The van der Waals surface area contributed by atoms with Gasteiger partial charge in [0.05, 0.1) is 6.04 Å². The highest BCUT2D eigenvalue weighted by Gasteiger charge is 2.64. The fraction of sp³-hybridized carbons (Fsp3) is 0.381. The summed E-state index contributed by atoms with van der Waals surface area (Å²) in [5.41, 5.74) is 1.52. The van der Waals surface area contributed by atoms with E-state index in [1.807, 2.05) is 0 Å². The predicted molar refractivity (Wildman–Crippen MR) is 108 cm³/mol. The SMILES string of the molecule is C[C@H]1[C@@H](c2ccc(F)c(F)c2OC(F)F)[C@H](C(=O)Nc2ccnc(C(N)=O)c2)N[C@@]1(C)C(F)(F)F. The Labute approximate surface area is 193 Å². The molecule has 1 aromatic heterocycles. The molecule has 1 aliphatic heterocycles. The second kappa shape index (κ2) is 9.32. The topological polar surface area (TPSA) is 106 Å². The summed E-state index contributed by atoms with van der Waals surface area (Å²) in [6.45, 7) is -1.79. The molecule has 7 nitrogen and oxygen atoms in total. The second-order valence-electron chi connectivity index (χ2n) is 8.08. The van der Waals surface area contributed by atoms with Gasteiger partial charge in [0.1, 0.15) is 11.2 Å². The number of amides is 2. The van der Waals surface area contributed by atoms with Crippen molar-refractivity contribution in [3.8, 4) is 5.75 Å². The number of primary amides is 1. The van der Waals surface area contributed by atoms with Crippen LogP contribution in [0.4, 0.5) is 36.4 Å². The molecule has 3 rings (SSSR count). The van der Waals surface area contributed by atoms with E-state index in [0.29, 0.717) is 6.07 Å². The minimum absolute atomic E-state index is 0.0537. The van der Waals surface area contributed by atoms with Crippen LogP contribution >= 0.6 is 0 Å². The van der Waals surface area contributed by atoms with Crippen molar-refractivity contribution in [1.82, 2.24) is 10.3 Å². The summed E-state index contributed by atoms with van der Waals surface area (Å²) in [5, 5.41) is 4.48. The van der Waals surface area contributed by atoms with Gasteiger partial charge in [0.2, 0.25) is 11.7 Å². The van der Waals surface area contributed by atoms with Crippen molar-refractivity contribution < 1.29 is 45.1 Å². The van der Waals surface area contributed by atoms with Gasteiger partial charge in [-0.3, -0.25) is 19.9 Å². The fourth-order valence-electron chi connectivity index (χ4n) is 4.09. The van der Waals surface area contributed by atoms with Gasteiger partial charge in [0, 0.05) is 23.4 Å². The Bertz CT molecular complexity index is 1140. The van der Waals surface area contributed by atoms with Crippen molar-refractivity contribution >= 4 is 17.5 Å². The molecule has 190 valence electrons. The first-order valence-corrected chi connectivity index (χ1v) is 10.0. The van der Waals surface area contributed by atoms with Gasteiger partial charge in [-0.05, 0) is 31.0 Å². The zero-order chi connectivity index (χ0) is 26.3. The molecule has 2 heterocycles. The maximum atomic E-state index is 14.4. The van der Waals surface area contributed by atoms with Crippen LogP contribution in [-0.2, 0) is 4.79 Å². The maximum absolute atomic E-state index is 14.4. The lowest BCUT2D eigenvalue weighted by atomic mass is 9.76. The Morgan fingerprint density at radius 1 is 1.23 bits per heavy atom. The van der Waals surface area contributed by atoms with Gasteiger partial charge in [0.15, 0.2) is 11.6 Å². The molecular weight excluding hydrogens is 489 g/mol. The summed E-state index contributed by atoms with van der Waals surface area (Å²) in [7, 11) is 0. The molecule has 0 bridgehead atoms. The summed E-state index contributed by atoms with van der Waals surface area (Å²) in [4.78, 5) is 28.1. The summed E-state index contributed by atoms with van der Waals surface area (Å²) in [6.07, 6.45) is -3.82. The van der Waals surface area contributed by atoms with Gasteiger partial charge in [-0.25, -0.2) is 4.39 Å². The molecule has 2 amide bonds. The number of benzene rings is 1. The monoisotopic (exact) mass is 508 g/mol. The Kier molecular flexibility index (Phi) is 6.97. The van der Waals surface area contributed by atoms with Crippen LogP contribution in [0.1, 0.15) is 35.8 Å². The first-order chi connectivity index (χ1) is 16.2. The van der Waals surface area contributed by atoms with Gasteiger partial charge in [0.25, 0.3) is 5.91 Å². The van der Waals surface area contributed by atoms with Crippen LogP contribution in [0.5, 0.6) is 5.75 Å². The normalized spacial score (nSPS) is 24.5. The first kappa shape index (κ1) is 26.2. The van der Waals surface area contributed by atoms with Gasteiger partial charge >= 0.3 is 12.8 Å². The number of hydrogen-bond acceptors (Lipinski definition) is 5. The molecule has 1 saturated heterocycles. The predicted octanol–water partition coefficient (Wildman–Crippen LogP) is 3.71. The fourth-order valence-corrected chi connectivity index (χ4v) is 4.09. The highest BCUT2D eigenvalue weighted by molar-refractivity contribution is 5.98. The Morgan fingerprint density at radius 2 is 1.89 bits per heavy atom. The highest BCUT2D eigenvalue weighted by Crippen LogP contribution is 2.51. The van der Waals surface area contributed by atoms with E-state index in [4.69, 9.17) is 5.73 Å². The van der Waals surface area contributed by atoms with Crippen molar-refractivity contribution in [3.05, 3.63) is 53.4 Å². The molecule has 1 aliphatic rings. The summed E-state index contributed by atoms with van der Waals surface area (Å²) >= 11 is 0. The zero-order valence-corrected chi connectivity index (χ0v) is 18.1. The number of carbonyl (C=O) groups is 2. The molecule has 0 spiro atoms. The lowest BCUT2D eigenvalue weighted by Crippen LogP contribution is -2.56. The molecule has 4 N–H and O–H groups in total. The third kappa shape index (κ3) is 4.88. The number of pyridine rings is 1. The number of nitrogens with two attached hydrogens (primary N) is 1. The average molecular weight is 508 g/mol. The molecule has 0 unspecified atom stereocenters. The van der Waals surface area contributed by atoms with Crippen molar-refractivity contribution in [1.29, 1.82) is 0 Å². The van der Waals surface area contributed by atoms with E-state index in [1.165, 1.54) is 6.07 Å². The molecule has 35 heavy (non-hydrogen) atoms. The summed E-state index contributed by atoms with van der Waals surface area (Å²) < 4.78 is 100. The van der Waals surface area contributed by atoms with Crippen molar-refractivity contribution in [2.45, 2.75) is 44.1 Å². The van der Waals surface area contributed by atoms with Crippen LogP contribution in [-0.4, -0.2) is 41.2 Å². The van der Waals surface area contributed by atoms with E-state index < -0.39 is 71.0 Å². The minimum Gasteiger partial charge on any atom is -0.431 e. The maximum Gasteiger partial charge on any atom is 0.406 e. The van der Waals surface area contributed by atoms with Gasteiger partial charge < -0.3 is 15.8 Å². The number of rotatable bonds is 6. The van der Waals surface area contributed by atoms with Gasteiger partial charge in [-0.15, -0.1) is 0 Å². The lowest BCUT2D eigenvalue weighted by Gasteiger charge is -2.33. The number of alkyl halides is 5. The van der Waals surface area contributed by atoms with Crippen LogP contribution < -0.4 is 21.1 Å². The molecule has 4 atom stereocenters. The van der Waals surface area contributed by atoms with E-state index in [9.17, 15) is 40.3 Å². The van der Waals surface area contributed by atoms with E-state index in [0.717, 1.165) is 32.2 Å². The number of halogens is 7. The Morgan fingerprint density at radius 3 is 2.46 bits per heavy atom. The lowest BCUT2D eigenvalue weighted by molar-refractivity contribution is -0.198. The molecule has 2 aromatic rings. The third-order valence-electron chi connectivity index (χ3n) is 6.06. The number of nitrogens with zero attached hydrogens (tertiary/aromatic N) is 1. The van der Waals surface area contributed by atoms with E-state index in [1.54, 1.807) is 0 Å². The first-order valence-electron chi connectivity index (χ1n) is 10.0. The molecule has 0 radical (unpaired) electrons. The van der Waals surface area contributed by atoms with Crippen LogP contribution in [0.3, 0.4) is 0 Å². The van der Waals surface area contributed by atoms with Crippen LogP contribution in [0.25, 0.3) is 0 Å². The largest absolute Gasteiger partial charge is 0.431 e. The van der Waals surface area contributed by atoms with Crippen LogP contribution in [0.2, 0.25) is 0 Å². The molecular formula is C21H19F7N4O3. The Hall–Kier alpha value is -3.42. The number of hydrogen-bond donors (Lipinski definition) is 3. The van der Waals surface area contributed by atoms with E-state index in [2.05, 4.69) is 20.4 Å². The van der Waals surface area contributed by atoms with Gasteiger partial charge in [-0.1, -0.05) is 13.0 Å². The standard InChI is InChI=1S/C21H19F7N4O3/c1-8-13(10-3-4-11(22)14(23)16(10)35-19(24)25)15(32-20(8,2)21(26,27)28)18(34)31-9-5-6-30-12(7-9)17(29)33/h3-8,13,15,19,32H,1-2H3,(H2,29,33)(H,30,31,34)/t8-,13-,15+,20+/m0/s1. The summed E-state index contributed by atoms with van der Waals surface area (Å²) in [5.74, 6) is -9.86. The third-order valence-corrected chi connectivity index (χ3v) is 6.06. The molecule has 14 heteroatoms. The van der Waals surface area contributed by atoms with E-state index in [-0.39, 0.29) is 11.4 Å². The molecule has 0 saturated carbocycles. The smallest absolute Gasteiger partial charge is 0.406 e. The Balaban J connectivity index is 2.10. The van der Waals surface area contributed by atoms with Gasteiger partial charge in [-0.2, -0.15) is 26.3 Å². The molecule has 1 aromatic carbocycles. The number of aromatic nitrogens is 1. The average Bonchev–Trinajstić information content (AvgIpc) is 3.04. The number of carbonyl (C=O) groups excluding carboxylic acids is 2. The van der Waals surface area contributed by atoms with Crippen LogP contribution in [0.15, 0.2) is 30.5 Å². The zero-order valence-electron chi connectivity index (χ0n) is 18.1. The number of ether oxygens (including phenoxy) is 1. The number of nitrogens with one attached hydrogen (secondary N) is 2. The van der Waals surface area contributed by atoms with Crippen molar-refractivity contribution in [3.63, 3.8) is 0 Å². The molecule has 1 fully saturated rings. The van der Waals surface area contributed by atoms with Crippen molar-refractivity contribution in [2.24, 2.45) is 11.7 Å². The van der Waals surface area contributed by atoms with E-state index >= 15 is 0 Å². The highest BCUT2D eigenvalue weighted by atomic mass is 19.4. The second-order valence-corrected chi connectivity index (χ2v) is 8.08. The minimum atomic E-state index is -4.93. The quantitative estimate of drug-likeness (QED) is 0.516. The van der Waals surface area contributed by atoms with Crippen LogP contribution in [0, 0.1) is 17.6 Å². The summed E-state index contributed by atoms with van der Waals surface area (Å²) in [6, 6.07) is 1.85. The van der Waals surface area contributed by atoms with Crippen molar-refractivity contribution in [2.75, 3.05) is 5.32 Å². The molecule has 0 aliphatic carbocycles.